The first-order valence-corrected chi connectivity index (χ1v) is 12.9. The largest absolute Gasteiger partial charge is 0.399 e. The van der Waals surface area contributed by atoms with Crippen LogP contribution in [0.25, 0.3) is 16.9 Å². The van der Waals surface area contributed by atoms with E-state index in [0.29, 0.717) is 11.7 Å². The van der Waals surface area contributed by atoms with Gasteiger partial charge in [-0.15, -0.1) is 0 Å². The number of nitrogens with zero attached hydrogens (tertiary/aromatic N) is 8. The van der Waals surface area contributed by atoms with E-state index < -0.39 is 11.6 Å². The van der Waals surface area contributed by atoms with Crippen molar-refractivity contribution in [2.24, 2.45) is 0 Å². The zero-order valence-electron chi connectivity index (χ0n) is 22.6. The number of likely N-dealkylation sites (tertiary alicyclic amines) is 1. The van der Waals surface area contributed by atoms with Gasteiger partial charge in [0.2, 0.25) is 5.95 Å². The topological polar surface area (TPSA) is 98.7 Å². The first-order chi connectivity index (χ1) is 18.4. The highest BCUT2D eigenvalue weighted by molar-refractivity contribution is 5.77. The maximum Gasteiger partial charge on any atom is 0.399 e. The zero-order chi connectivity index (χ0) is 28.1. The minimum atomic E-state index is -4.51. The molecule has 208 valence electrons. The highest BCUT2D eigenvalue weighted by Gasteiger charge is 2.49. The minimum Gasteiger partial charge on any atom is -0.321 e. The number of anilines is 2. The molecule has 5 rings (SSSR count). The molecule has 0 saturated carbocycles. The van der Waals surface area contributed by atoms with Gasteiger partial charge in [0.25, 0.3) is 5.56 Å². The summed E-state index contributed by atoms with van der Waals surface area (Å²) >= 11 is 0. The van der Waals surface area contributed by atoms with E-state index in [0.717, 1.165) is 39.8 Å². The summed E-state index contributed by atoms with van der Waals surface area (Å²) in [5.74, 6) is 0.386. The normalized spacial score (nSPS) is 15.9. The number of pyridine rings is 1. The van der Waals surface area contributed by atoms with Crippen LogP contribution in [0.4, 0.5) is 24.8 Å². The third kappa shape index (κ3) is 4.90. The second-order valence-electron chi connectivity index (χ2n) is 10.9. The van der Waals surface area contributed by atoms with Crippen molar-refractivity contribution in [3.8, 4) is 5.82 Å². The van der Waals surface area contributed by atoms with E-state index in [4.69, 9.17) is 0 Å². The van der Waals surface area contributed by atoms with Crippen LogP contribution in [0.3, 0.4) is 0 Å². The Labute approximate surface area is 223 Å². The average Bonchev–Trinajstić information content (AvgIpc) is 3.46. The number of aromatic nitrogens is 7. The Bertz CT molecular complexity index is 1540. The molecular formula is C26H32F3N9O. The molecule has 1 fully saturated rings. The van der Waals surface area contributed by atoms with Crippen molar-refractivity contribution in [3.05, 3.63) is 52.8 Å². The first kappa shape index (κ1) is 26.9. The lowest BCUT2D eigenvalue weighted by Gasteiger charge is -2.28. The quantitative estimate of drug-likeness (QED) is 0.379. The summed E-state index contributed by atoms with van der Waals surface area (Å²) in [5.41, 5.74) is -1.78. The Kier molecular flexibility index (Phi) is 6.73. The number of nitrogens with one attached hydrogen (secondary N) is 1. The fraction of sp³-hybridized carbons (Fsp3) is 0.500. The van der Waals surface area contributed by atoms with Crippen molar-refractivity contribution in [3.63, 3.8) is 0 Å². The molecule has 1 N–H and O–H groups in total. The molecule has 0 aliphatic carbocycles. The Hall–Kier alpha value is -3.74. The summed E-state index contributed by atoms with van der Waals surface area (Å²) in [6.45, 7) is 7.80. The fourth-order valence-electron chi connectivity index (χ4n) is 4.77. The molecule has 0 spiro atoms. The second kappa shape index (κ2) is 9.78. The molecule has 4 aromatic rings. The van der Waals surface area contributed by atoms with Crippen LogP contribution in [0, 0.1) is 0 Å². The number of fused-ring (bicyclic) bond motifs is 1. The SMILES string of the molecule is CC(C)n1c(=O)c2cnc(Nc3cnn(C4CCN(C)CC4)c3)nc2n1-c1cccc(C(C)(C)C(F)(F)F)n1. The van der Waals surface area contributed by atoms with Crippen molar-refractivity contribution in [2.45, 2.75) is 64.2 Å². The number of piperidine rings is 1. The van der Waals surface area contributed by atoms with Gasteiger partial charge in [-0.3, -0.25) is 9.48 Å². The summed E-state index contributed by atoms with van der Waals surface area (Å²) in [5, 5.41) is 7.88. The molecule has 0 atom stereocenters. The van der Waals surface area contributed by atoms with Crippen molar-refractivity contribution in [1.82, 2.24) is 39.0 Å². The maximum atomic E-state index is 13.8. The van der Waals surface area contributed by atoms with Crippen LogP contribution in [0.2, 0.25) is 0 Å². The molecule has 1 saturated heterocycles. The third-order valence-electron chi connectivity index (χ3n) is 7.33. The molecule has 0 radical (unpaired) electrons. The van der Waals surface area contributed by atoms with E-state index in [1.165, 1.54) is 27.7 Å². The molecule has 39 heavy (non-hydrogen) atoms. The Morgan fingerprint density at radius 3 is 2.46 bits per heavy atom. The highest BCUT2D eigenvalue weighted by atomic mass is 19.4. The molecule has 1 aliphatic rings. The van der Waals surface area contributed by atoms with Crippen LogP contribution in [0.15, 0.2) is 41.6 Å². The first-order valence-electron chi connectivity index (χ1n) is 12.9. The molecule has 1 aliphatic heterocycles. The number of rotatable bonds is 6. The zero-order valence-corrected chi connectivity index (χ0v) is 22.6. The summed E-state index contributed by atoms with van der Waals surface area (Å²) in [6, 6.07) is 4.39. The van der Waals surface area contributed by atoms with Crippen LogP contribution in [0.1, 0.15) is 58.3 Å². The standard InChI is InChI=1S/C26H32F3N9O/c1-16(2)37-23(39)19-14-30-24(32-17-13-31-36(15-17)18-9-11-35(5)12-10-18)34-22(19)38(37)21-8-6-7-20(33-21)25(3,4)26(27,28)29/h6-8,13-16,18H,9-12H2,1-5H3,(H,30,32,34). The Morgan fingerprint density at radius 1 is 1.08 bits per heavy atom. The maximum absolute atomic E-state index is 13.8. The lowest BCUT2D eigenvalue weighted by molar-refractivity contribution is -0.181. The lowest BCUT2D eigenvalue weighted by atomic mass is 9.88. The minimum absolute atomic E-state index is 0.158. The van der Waals surface area contributed by atoms with Gasteiger partial charge < -0.3 is 10.2 Å². The van der Waals surface area contributed by atoms with E-state index in [1.807, 2.05) is 24.7 Å². The summed E-state index contributed by atoms with van der Waals surface area (Å²) in [4.78, 5) is 28.9. The molecular weight excluding hydrogens is 511 g/mol. The van der Waals surface area contributed by atoms with Crippen LogP contribution >= 0.6 is 0 Å². The lowest BCUT2D eigenvalue weighted by Crippen LogP contribution is -2.37. The van der Waals surface area contributed by atoms with E-state index in [1.54, 1.807) is 12.3 Å². The number of alkyl halides is 3. The molecule has 0 aromatic carbocycles. The van der Waals surface area contributed by atoms with Gasteiger partial charge in [-0.1, -0.05) is 6.07 Å². The molecule has 0 amide bonds. The van der Waals surface area contributed by atoms with Crippen molar-refractivity contribution in [1.29, 1.82) is 0 Å². The summed E-state index contributed by atoms with van der Waals surface area (Å²) in [6.07, 6.45) is 2.53. The summed E-state index contributed by atoms with van der Waals surface area (Å²) < 4.78 is 46.2. The number of hydrogen-bond donors (Lipinski definition) is 1. The van der Waals surface area contributed by atoms with Crippen LogP contribution < -0.4 is 10.9 Å². The highest BCUT2D eigenvalue weighted by Crippen LogP contribution is 2.39. The summed E-state index contributed by atoms with van der Waals surface area (Å²) in [7, 11) is 2.11. The van der Waals surface area contributed by atoms with Gasteiger partial charge in [-0.2, -0.15) is 23.3 Å². The van der Waals surface area contributed by atoms with Crippen molar-refractivity contribution >= 4 is 22.7 Å². The predicted octanol–water partition coefficient (Wildman–Crippen LogP) is 4.60. The number of hydrogen-bond acceptors (Lipinski definition) is 7. The molecule has 13 heteroatoms. The predicted molar refractivity (Wildman–Crippen MR) is 142 cm³/mol. The fourth-order valence-corrected chi connectivity index (χ4v) is 4.77. The molecule has 10 nitrogen and oxygen atoms in total. The van der Waals surface area contributed by atoms with E-state index in [-0.39, 0.29) is 40.1 Å². The second-order valence-corrected chi connectivity index (χ2v) is 10.9. The van der Waals surface area contributed by atoms with E-state index in [2.05, 4.69) is 37.3 Å². The third-order valence-corrected chi connectivity index (χ3v) is 7.33. The van der Waals surface area contributed by atoms with E-state index in [9.17, 15) is 18.0 Å². The Morgan fingerprint density at radius 2 is 1.79 bits per heavy atom. The van der Waals surface area contributed by atoms with Crippen molar-refractivity contribution < 1.29 is 13.2 Å². The van der Waals surface area contributed by atoms with Crippen LogP contribution in [0.5, 0.6) is 0 Å². The van der Waals surface area contributed by atoms with Crippen LogP contribution in [-0.4, -0.2) is 65.3 Å². The van der Waals surface area contributed by atoms with Gasteiger partial charge in [0.05, 0.1) is 23.6 Å². The van der Waals surface area contributed by atoms with Gasteiger partial charge >= 0.3 is 6.18 Å². The smallest absolute Gasteiger partial charge is 0.321 e. The molecule has 0 unspecified atom stereocenters. The molecule has 4 aromatic heterocycles. The number of halogens is 3. The Balaban J connectivity index is 1.54. The van der Waals surface area contributed by atoms with Gasteiger partial charge in [0, 0.05) is 18.4 Å². The van der Waals surface area contributed by atoms with Gasteiger partial charge in [0.1, 0.15) is 10.8 Å². The molecule has 5 heterocycles. The van der Waals surface area contributed by atoms with Gasteiger partial charge in [-0.25, -0.2) is 19.3 Å². The molecule has 0 bridgehead atoms. The van der Waals surface area contributed by atoms with E-state index >= 15 is 0 Å². The van der Waals surface area contributed by atoms with Gasteiger partial charge in [0.15, 0.2) is 11.5 Å². The van der Waals surface area contributed by atoms with Crippen LogP contribution in [-0.2, 0) is 5.41 Å². The monoisotopic (exact) mass is 543 g/mol. The van der Waals surface area contributed by atoms with Crippen molar-refractivity contribution in [2.75, 3.05) is 25.5 Å². The van der Waals surface area contributed by atoms with Gasteiger partial charge in [-0.05, 0) is 72.8 Å². The average molecular weight is 544 g/mol.